The average Bonchev–Trinajstić information content (AvgIpc) is 3.59. The molecular weight excluding hydrogens is 676 g/mol. The fourth-order valence-corrected chi connectivity index (χ4v) is 4.36. The molecule has 0 atom stereocenters. The Morgan fingerprint density at radius 3 is 2.16 bits per heavy atom. The van der Waals surface area contributed by atoms with Crippen LogP contribution in [0.2, 0.25) is 0 Å². The highest BCUT2D eigenvalue weighted by molar-refractivity contribution is 7.79. The predicted octanol–water partition coefficient (Wildman–Crippen LogP) is 1.06. The van der Waals surface area contributed by atoms with Gasteiger partial charge in [0.05, 0.1) is 12.1 Å². The van der Waals surface area contributed by atoms with Crippen LogP contribution in [0.5, 0.6) is 5.75 Å². The number of likely N-dealkylation sites (N-methyl/N-ethyl adjacent to an activating group) is 1. The van der Waals surface area contributed by atoms with Gasteiger partial charge in [0.2, 0.25) is 5.91 Å². The van der Waals surface area contributed by atoms with Gasteiger partial charge >= 0.3 is 22.3 Å². The summed E-state index contributed by atoms with van der Waals surface area (Å²) in [6, 6.07) is 17.8. The Kier molecular flexibility index (Phi) is 16.3. The first-order chi connectivity index (χ1) is 23.6. The number of H-pyrrole nitrogens is 1. The Morgan fingerprint density at radius 1 is 1.02 bits per heavy atom. The van der Waals surface area contributed by atoms with E-state index in [4.69, 9.17) is 43.9 Å². The van der Waals surface area contributed by atoms with Gasteiger partial charge in [-0.05, 0) is 54.9 Å². The highest BCUT2D eigenvalue weighted by Crippen LogP contribution is 2.23. The molecule has 0 radical (unpaired) electrons. The first-order valence-electron chi connectivity index (χ1n) is 14.8. The fraction of sp³-hybridized carbons (Fsp3) is 0.258. The van der Waals surface area contributed by atoms with Crippen molar-refractivity contribution in [2.24, 2.45) is 5.73 Å². The van der Waals surface area contributed by atoms with Crippen molar-refractivity contribution in [2.75, 3.05) is 51.2 Å². The second-order valence-electron chi connectivity index (χ2n) is 10.4. The molecule has 2 aromatic heterocycles. The third kappa shape index (κ3) is 15.5. The van der Waals surface area contributed by atoms with Crippen LogP contribution in [0.15, 0.2) is 72.9 Å². The van der Waals surface area contributed by atoms with Crippen LogP contribution in [0.1, 0.15) is 5.56 Å². The highest BCUT2D eigenvalue weighted by Gasteiger charge is 2.18. The van der Waals surface area contributed by atoms with E-state index in [1.807, 2.05) is 18.3 Å². The summed E-state index contributed by atoms with van der Waals surface area (Å²) in [6.07, 6.45) is 3.89. The van der Waals surface area contributed by atoms with Crippen molar-refractivity contribution in [3.8, 4) is 5.75 Å². The van der Waals surface area contributed by atoms with E-state index in [1.165, 1.54) is 5.39 Å². The number of hydrogen-bond donors (Lipinski definition) is 10. The number of phenols is 1. The minimum absolute atomic E-state index is 0.0995. The maximum atomic E-state index is 10.4. The van der Waals surface area contributed by atoms with Crippen LogP contribution in [0, 0.1) is 5.41 Å². The number of carboxylic acids is 2. The second kappa shape index (κ2) is 20.0. The standard InChI is InChI=1S/C13H15N3.C10H12N2O.C4H7N3O.C4H4O4.H2O4S/c1-2-4-12-11(3-1)5-6-13(15-12)16-9-7-14-8-10-16;11-4-3-7-6-12-10-2-1-8(13)5-9(7)10;1-7-2-3(8)6-4(7)5;5-3(6)1-2-4(7)8;1-5(2,3)4/h1-6,14H,7-10H2;1-2,5-6,12-13H,3-4,11H2;2H2,1H3,(H2,5,6,8);1-2H,(H,5,6)(H,7,8);(H2,1,2,3,4)/b;;;2-1-;. The molecule has 50 heavy (non-hydrogen) atoms. The summed E-state index contributed by atoms with van der Waals surface area (Å²) in [5, 5.41) is 39.9. The molecule has 19 heteroatoms. The number of aromatic nitrogens is 2. The van der Waals surface area contributed by atoms with Crippen LogP contribution in [-0.4, -0.2) is 118 Å². The lowest BCUT2D eigenvalue weighted by molar-refractivity contribution is -0.134. The summed E-state index contributed by atoms with van der Waals surface area (Å²) >= 11 is 0. The minimum atomic E-state index is -4.67. The van der Waals surface area contributed by atoms with Gasteiger partial charge in [-0.3, -0.25) is 24.6 Å². The molecule has 1 amide bonds. The molecule has 4 heterocycles. The Labute approximate surface area is 287 Å². The molecule has 270 valence electrons. The number of guanidine groups is 1. The summed E-state index contributed by atoms with van der Waals surface area (Å²) in [6.45, 7) is 5.14. The number of para-hydroxylation sites is 1. The number of hydrogen-bond acceptors (Lipinski definition) is 11. The summed E-state index contributed by atoms with van der Waals surface area (Å²) in [7, 11) is -2.97. The van der Waals surface area contributed by atoms with E-state index in [2.05, 4.69) is 50.8 Å². The molecule has 6 rings (SSSR count). The maximum absolute atomic E-state index is 10.4. The number of phenolic OH excluding ortho intramolecular Hbond substituents is 1. The van der Waals surface area contributed by atoms with Crippen LogP contribution in [0.4, 0.5) is 5.82 Å². The molecule has 0 spiro atoms. The van der Waals surface area contributed by atoms with Crippen LogP contribution in [-0.2, 0) is 31.2 Å². The number of benzene rings is 2. The monoisotopic (exact) mass is 716 g/mol. The lowest BCUT2D eigenvalue weighted by Crippen LogP contribution is -2.43. The van der Waals surface area contributed by atoms with E-state index in [1.54, 1.807) is 24.1 Å². The SMILES string of the molecule is CN1CC(=O)NC1=N.NCCc1c[nH]c2ccc(O)cc12.O=C(O)/C=C\C(=O)O.O=S(=O)(O)O.c1ccc2nc(N3CCNCC3)ccc2c1. The van der Waals surface area contributed by atoms with Gasteiger partial charge in [-0.25, -0.2) is 14.6 Å². The largest absolute Gasteiger partial charge is 0.508 e. The zero-order valence-electron chi connectivity index (χ0n) is 27.0. The van der Waals surface area contributed by atoms with Crippen LogP contribution in [0.25, 0.3) is 21.8 Å². The van der Waals surface area contributed by atoms with E-state index in [9.17, 15) is 19.5 Å². The number of nitrogens with one attached hydrogen (secondary N) is 4. The molecule has 0 saturated carbocycles. The van der Waals surface area contributed by atoms with Gasteiger partial charge in [-0.2, -0.15) is 8.42 Å². The number of carbonyl (C=O) groups excluding carboxylic acids is 1. The normalized spacial score (nSPS) is 13.9. The van der Waals surface area contributed by atoms with Gasteiger partial charge in [-0.1, -0.05) is 18.2 Å². The molecule has 2 aliphatic rings. The van der Waals surface area contributed by atoms with E-state index in [-0.39, 0.29) is 11.9 Å². The average molecular weight is 717 g/mol. The Bertz CT molecular complexity index is 1870. The number of nitrogens with two attached hydrogens (primary N) is 1. The summed E-state index contributed by atoms with van der Waals surface area (Å²) in [5.74, 6) is -1.03. The van der Waals surface area contributed by atoms with Crippen LogP contribution in [0.3, 0.4) is 0 Å². The van der Waals surface area contributed by atoms with E-state index < -0.39 is 22.3 Å². The highest BCUT2D eigenvalue weighted by atomic mass is 32.3. The number of piperazine rings is 1. The molecule has 2 saturated heterocycles. The molecule has 2 aromatic carbocycles. The van der Waals surface area contributed by atoms with Gasteiger partial charge in [0.25, 0.3) is 0 Å². The van der Waals surface area contributed by atoms with Crippen molar-refractivity contribution in [2.45, 2.75) is 6.42 Å². The smallest absolute Gasteiger partial charge is 0.394 e. The van der Waals surface area contributed by atoms with Crippen molar-refractivity contribution in [1.29, 1.82) is 5.41 Å². The zero-order valence-corrected chi connectivity index (χ0v) is 27.8. The number of pyridine rings is 1. The van der Waals surface area contributed by atoms with Crippen molar-refractivity contribution in [3.05, 3.63) is 78.5 Å². The Hall–Kier alpha value is -5.60. The molecule has 2 fully saturated rings. The van der Waals surface area contributed by atoms with Crippen molar-refractivity contribution >= 4 is 61.8 Å². The first-order valence-corrected chi connectivity index (χ1v) is 16.2. The lowest BCUT2D eigenvalue weighted by Gasteiger charge is -2.28. The predicted molar refractivity (Wildman–Crippen MR) is 187 cm³/mol. The van der Waals surface area contributed by atoms with Crippen LogP contribution >= 0.6 is 0 Å². The summed E-state index contributed by atoms with van der Waals surface area (Å²) in [5.41, 5.74) is 8.76. The van der Waals surface area contributed by atoms with E-state index in [0.29, 0.717) is 31.0 Å². The molecule has 11 N–H and O–H groups in total. The topological polar surface area (TPSA) is 296 Å². The molecular formula is C31H40N8O10S. The maximum Gasteiger partial charge on any atom is 0.394 e. The number of nitrogens with zero attached hydrogens (tertiary/aromatic N) is 3. The molecule has 2 aliphatic heterocycles. The Morgan fingerprint density at radius 2 is 1.64 bits per heavy atom. The number of rotatable bonds is 5. The third-order valence-corrected chi connectivity index (χ3v) is 6.58. The molecule has 0 aliphatic carbocycles. The number of anilines is 1. The number of aliphatic carboxylic acids is 2. The molecule has 0 unspecified atom stereocenters. The molecule has 0 bridgehead atoms. The summed E-state index contributed by atoms with van der Waals surface area (Å²) < 4.78 is 31.6. The van der Waals surface area contributed by atoms with E-state index >= 15 is 0 Å². The van der Waals surface area contributed by atoms with Crippen LogP contribution < -0.4 is 21.3 Å². The molecule has 4 aromatic rings. The Balaban J connectivity index is 0.000000230. The van der Waals surface area contributed by atoms with Crippen molar-refractivity contribution in [1.82, 2.24) is 25.5 Å². The number of carbonyl (C=O) groups is 3. The first kappa shape index (κ1) is 40.6. The number of aromatic hydroxyl groups is 1. The number of aromatic amines is 1. The summed E-state index contributed by atoms with van der Waals surface area (Å²) in [4.78, 5) is 41.2. The van der Waals surface area contributed by atoms with E-state index in [0.717, 1.165) is 60.4 Å². The fourth-order valence-electron chi connectivity index (χ4n) is 4.36. The van der Waals surface area contributed by atoms with Gasteiger partial charge in [0.1, 0.15) is 11.6 Å². The molecule has 18 nitrogen and oxygen atoms in total. The third-order valence-electron chi connectivity index (χ3n) is 6.58. The van der Waals surface area contributed by atoms with Gasteiger partial charge in [0, 0.05) is 67.9 Å². The second-order valence-corrected chi connectivity index (χ2v) is 11.3. The van der Waals surface area contributed by atoms with Gasteiger partial charge in [-0.15, -0.1) is 0 Å². The number of fused-ring (bicyclic) bond motifs is 2. The van der Waals surface area contributed by atoms with Gasteiger partial charge < -0.3 is 41.2 Å². The quantitative estimate of drug-likeness (QED) is 0.102. The minimum Gasteiger partial charge on any atom is -0.508 e. The van der Waals surface area contributed by atoms with Crippen molar-refractivity contribution < 1.29 is 47.2 Å². The number of amides is 1. The lowest BCUT2D eigenvalue weighted by atomic mass is 10.1. The number of carboxylic acid groups (broad SMARTS) is 2. The van der Waals surface area contributed by atoms with Gasteiger partial charge in [0.15, 0.2) is 5.96 Å². The zero-order chi connectivity index (χ0) is 37.3. The van der Waals surface area contributed by atoms with Crippen molar-refractivity contribution in [3.63, 3.8) is 0 Å².